The average Bonchev–Trinajstić information content (AvgIpc) is 2.77. The van der Waals surface area contributed by atoms with Gasteiger partial charge in [-0.25, -0.2) is 18.6 Å². The lowest BCUT2D eigenvalue weighted by Gasteiger charge is -2.20. The van der Waals surface area contributed by atoms with Crippen molar-refractivity contribution in [3.05, 3.63) is 35.1 Å². The second-order valence-corrected chi connectivity index (χ2v) is 4.71. The molecule has 21 heavy (non-hydrogen) atoms. The van der Waals surface area contributed by atoms with Gasteiger partial charge in [0.25, 0.3) is 5.91 Å². The lowest BCUT2D eigenvalue weighted by molar-refractivity contribution is -0.120. The quantitative estimate of drug-likeness (QED) is 0.569. The van der Waals surface area contributed by atoms with Crippen LogP contribution in [-0.4, -0.2) is 29.9 Å². The number of halogens is 3. The fourth-order valence-electron chi connectivity index (χ4n) is 2.07. The highest BCUT2D eigenvalue weighted by molar-refractivity contribution is 5.95. The Kier molecular flexibility index (Phi) is 4.14. The summed E-state index contributed by atoms with van der Waals surface area (Å²) in [6.07, 6.45) is 0. The number of carbonyl (C=O) groups is 2. The molecule has 2 amide bonds. The molecule has 2 rings (SSSR count). The van der Waals surface area contributed by atoms with E-state index in [2.05, 4.69) is 16.2 Å². The molecule has 9 heteroatoms. The minimum absolute atomic E-state index is 0.346. The smallest absolute Gasteiger partial charge is 0.251 e. The summed E-state index contributed by atoms with van der Waals surface area (Å²) in [7, 11) is 0. The molecule has 5 N–H and O–H groups in total. The van der Waals surface area contributed by atoms with Crippen molar-refractivity contribution in [2.45, 2.75) is 25.0 Å². The highest BCUT2D eigenvalue weighted by atomic mass is 19.2. The Labute approximate surface area is 117 Å². The number of carbonyl (C=O) groups excluding carboxylic acids is 2. The van der Waals surface area contributed by atoms with Gasteiger partial charge in [-0.15, -0.1) is 0 Å². The number of hydrazine groups is 1. The third-order valence-electron chi connectivity index (χ3n) is 3.21. The van der Waals surface area contributed by atoms with Gasteiger partial charge in [-0.2, -0.15) is 0 Å². The van der Waals surface area contributed by atoms with Crippen LogP contribution in [0.25, 0.3) is 0 Å². The largest absolute Gasteiger partial charge is 0.368 e. The van der Waals surface area contributed by atoms with Gasteiger partial charge in [-0.05, 0) is 19.1 Å². The van der Waals surface area contributed by atoms with Gasteiger partial charge in [0, 0.05) is 11.6 Å². The van der Waals surface area contributed by atoms with E-state index in [1.807, 2.05) is 0 Å². The van der Waals surface area contributed by atoms with E-state index in [-0.39, 0.29) is 6.04 Å². The van der Waals surface area contributed by atoms with Crippen molar-refractivity contribution in [2.75, 3.05) is 0 Å². The highest BCUT2D eigenvalue weighted by Crippen LogP contribution is 2.14. The van der Waals surface area contributed by atoms with Crippen LogP contribution in [0.3, 0.4) is 0 Å². The van der Waals surface area contributed by atoms with Crippen LogP contribution in [0.4, 0.5) is 13.2 Å². The van der Waals surface area contributed by atoms with E-state index in [1.165, 1.54) is 0 Å². The third kappa shape index (κ3) is 2.98. The summed E-state index contributed by atoms with van der Waals surface area (Å²) in [6, 6.07) is -0.784. The summed E-state index contributed by atoms with van der Waals surface area (Å²) in [5, 5.41) is 2.43. The molecule has 6 nitrogen and oxygen atoms in total. The predicted octanol–water partition coefficient (Wildman–Crippen LogP) is -0.447. The molecular weight excluding hydrogens is 289 g/mol. The monoisotopic (exact) mass is 302 g/mol. The Hall–Kier alpha value is -2.13. The van der Waals surface area contributed by atoms with Crippen LogP contribution in [0, 0.1) is 17.5 Å². The van der Waals surface area contributed by atoms with Crippen LogP contribution in [0.5, 0.6) is 0 Å². The van der Waals surface area contributed by atoms with Crippen LogP contribution in [0.2, 0.25) is 0 Å². The molecule has 1 aromatic rings. The lowest BCUT2D eigenvalue weighted by Crippen LogP contribution is -2.52. The number of nitrogens with one attached hydrogen (secondary N) is 3. The fourth-order valence-corrected chi connectivity index (χ4v) is 2.07. The van der Waals surface area contributed by atoms with Crippen molar-refractivity contribution >= 4 is 11.8 Å². The molecule has 3 atom stereocenters. The summed E-state index contributed by atoms with van der Waals surface area (Å²) in [5.74, 6) is -6.14. The predicted molar refractivity (Wildman–Crippen MR) is 66.3 cm³/mol. The fraction of sp³-hybridized carbons (Fsp3) is 0.333. The number of primary amides is 1. The van der Waals surface area contributed by atoms with E-state index < -0.39 is 46.9 Å². The summed E-state index contributed by atoms with van der Waals surface area (Å²) in [4.78, 5) is 23.2. The van der Waals surface area contributed by atoms with E-state index in [0.29, 0.717) is 12.1 Å². The molecule has 0 saturated carbocycles. The molecule has 114 valence electrons. The average molecular weight is 302 g/mol. The molecule has 1 fully saturated rings. The zero-order valence-electron chi connectivity index (χ0n) is 10.9. The van der Waals surface area contributed by atoms with Gasteiger partial charge in [0.1, 0.15) is 6.04 Å². The molecule has 1 aliphatic rings. The first-order valence-electron chi connectivity index (χ1n) is 6.07. The molecule has 0 bridgehead atoms. The van der Waals surface area contributed by atoms with Gasteiger partial charge in [-0.3, -0.25) is 15.0 Å². The van der Waals surface area contributed by atoms with Gasteiger partial charge < -0.3 is 11.1 Å². The number of nitrogens with two attached hydrogens (primary N) is 1. The van der Waals surface area contributed by atoms with E-state index in [4.69, 9.17) is 5.73 Å². The zero-order chi connectivity index (χ0) is 15.7. The Bertz CT molecular complexity index is 573. The number of benzene rings is 1. The minimum Gasteiger partial charge on any atom is -0.368 e. The van der Waals surface area contributed by atoms with Crippen LogP contribution in [-0.2, 0) is 4.79 Å². The first-order valence-corrected chi connectivity index (χ1v) is 6.07. The normalized spacial score (nSPS) is 24.9. The van der Waals surface area contributed by atoms with E-state index in [9.17, 15) is 22.8 Å². The van der Waals surface area contributed by atoms with Gasteiger partial charge in [0.2, 0.25) is 5.91 Å². The topological polar surface area (TPSA) is 96.2 Å². The minimum atomic E-state index is -1.65. The summed E-state index contributed by atoms with van der Waals surface area (Å²) < 4.78 is 39.0. The first-order chi connectivity index (χ1) is 9.81. The van der Waals surface area contributed by atoms with Crippen LogP contribution >= 0.6 is 0 Å². The van der Waals surface area contributed by atoms with Crippen molar-refractivity contribution in [3.8, 4) is 0 Å². The molecule has 1 heterocycles. The second-order valence-electron chi connectivity index (χ2n) is 4.71. The van der Waals surface area contributed by atoms with Crippen molar-refractivity contribution in [2.24, 2.45) is 5.73 Å². The van der Waals surface area contributed by atoms with Crippen LogP contribution in [0.1, 0.15) is 17.3 Å². The third-order valence-corrected chi connectivity index (χ3v) is 3.21. The zero-order valence-corrected chi connectivity index (χ0v) is 10.9. The van der Waals surface area contributed by atoms with Crippen molar-refractivity contribution < 1.29 is 22.8 Å². The van der Waals surface area contributed by atoms with E-state index >= 15 is 0 Å². The Morgan fingerprint density at radius 3 is 2.29 bits per heavy atom. The first kappa shape index (κ1) is 15.3. The summed E-state index contributed by atoms with van der Waals surface area (Å²) in [6.45, 7) is 1.67. The lowest BCUT2D eigenvalue weighted by atomic mass is 10.0. The molecular formula is C12H13F3N4O2. The van der Waals surface area contributed by atoms with Crippen LogP contribution < -0.4 is 21.9 Å². The standard InChI is InChI=1S/C12H13F3N4O2/c1-4-9(10(11(16)20)19-18-4)17-12(21)5-2-6(13)8(15)7(14)3-5/h2-4,9-10,18-19H,1H3,(H2,16,20)(H,17,21). The number of amides is 2. The Morgan fingerprint density at radius 1 is 1.19 bits per heavy atom. The summed E-state index contributed by atoms with van der Waals surface area (Å²) >= 11 is 0. The number of hydrogen-bond donors (Lipinski definition) is 4. The van der Waals surface area contributed by atoms with Gasteiger partial charge in [0.15, 0.2) is 17.5 Å². The van der Waals surface area contributed by atoms with E-state index in [1.54, 1.807) is 6.92 Å². The second kappa shape index (κ2) is 5.70. The molecule has 1 aliphatic heterocycles. The molecule has 0 aliphatic carbocycles. The molecule has 3 unspecified atom stereocenters. The van der Waals surface area contributed by atoms with Gasteiger partial charge in [-0.1, -0.05) is 0 Å². The molecule has 0 aromatic heterocycles. The SMILES string of the molecule is CC1NNC(C(N)=O)C1NC(=O)c1cc(F)c(F)c(F)c1. The summed E-state index contributed by atoms with van der Waals surface area (Å²) in [5.41, 5.74) is 10.1. The van der Waals surface area contributed by atoms with Crippen molar-refractivity contribution in [1.82, 2.24) is 16.2 Å². The van der Waals surface area contributed by atoms with Crippen LogP contribution in [0.15, 0.2) is 12.1 Å². The van der Waals surface area contributed by atoms with Crippen molar-refractivity contribution in [3.63, 3.8) is 0 Å². The highest BCUT2D eigenvalue weighted by Gasteiger charge is 2.37. The van der Waals surface area contributed by atoms with Crippen molar-refractivity contribution in [1.29, 1.82) is 0 Å². The Morgan fingerprint density at radius 2 is 1.76 bits per heavy atom. The maximum atomic E-state index is 13.1. The van der Waals surface area contributed by atoms with Gasteiger partial charge in [0.05, 0.1) is 6.04 Å². The van der Waals surface area contributed by atoms with E-state index in [0.717, 1.165) is 0 Å². The number of rotatable bonds is 3. The molecule has 1 saturated heterocycles. The molecule has 1 aromatic carbocycles. The number of hydrogen-bond acceptors (Lipinski definition) is 4. The maximum Gasteiger partial charge on any atom is 0.251 e. The van der Waals surface area contributed by atoms with Gasteiger partial charge >= 0.3 is 0 Å². The molecule has 0 radical (unpaired) electrons. The molecule has 0 spiro atoms. The Balaban J connectivity index is 2.19. The maximum absolute atomic E-state index is 13.1.